The van der Waals surface area contributed by atoms with Gasteiger partial charge in [0.1, 0.15) is 0 Å². The molecular formula is C14H21N3O3S. The van der Waals surface area contributed by atoms with Gasteiger partial charge in [0.2, 0.25) is 15.9 Å². The number of hydrogen-bond donors (Lipinski definition) is 3. The van der Waals surface area contributed by atoms with Crippen LogP contribution in [0, 0.1) is 12.8 Å². The van der Waals surface area contributed by atoms with Crippen LogP contribution in [0.1, 0.15) is 24.0 Å². The van der Waals surface area contributed by atoms with Crippen LogP contribution in [0.15, 0.2) is 23.1 Å². The van der Waals surface area contributed by atoms with Crippen molar-refractivity contribution in [3.63, 3.8) is 0 Å². The number of hydrogen-bond acceptors (Lipinski definition) is 4. The molecule has 6 nitrogen and oxygen atoms in total. The lowest BCUT2D eigenvalue weighted by molar-refractivity contribution is -0.122. The third-order valence-electron chi connectivity index (χ3n) is 3.43. The molecule has 0 unspecified atom stereocenters. The molecule has 1 aliphatic rings. The summed E-state index contributed by atoms with van der Waals surface area (Å²) in [5.41, 5.74) is 7.08. The summed E-state index contributed by atoms with van der Waals surface area (Å²) in [7, 11) is -3.56. The molecular weight excluding hydrogens is 290 g/mol. The molecule has 0 bridgehead atoms. The van der Waals surface area contributed by atoms with Gasteiger partial charge in [0, 0.05) is 25.6 Å². The molecule has 4 N–H and O–H groups in total. The van der Waals surface area contributed by atoms with Gasteiger partial charge in [-0.2, -0.15) is 0 Å². The first-order valence-corrected chi connectivity index (χ1v) is 8.49. The molecule has 116 valence electrons. The summed E-state index contributed by atoms with van der Waals surface area (Å²) in [6.07, 6.45) is 1.87. The van der Waals surface area contributed by atoms with Gasteiger partial charge in [0.05, 0.1) is 4.90 Å². The Morgan fingerprint density at radius 1 is 1.33 bits per heavy atom. The molecule has 1 aromatic carbocycles. The highest BCUT2D eigenvalue weighted by molar-refractivity contribution is 7.89. The SMILES string of the molecule is Cc1cc(CN)ccc1S(=O)(=O)NCCNC(=O)C1CC1. The van der Waals surface area contributed by atoms with Gasteiger partial charge >= 0.3 is 0 Å². The van der Waals surface area contributed by atoms with E-state index in [0.29, 0.717) is 18.7 Å². The number of sulfonamides is 1. The molecule has 0 saturated heterocycles. The van der Waals surface area contributed by atoms with Gasteiger partial charge in [-0.15, -0.1) is 0 Å². The van der Waals surface area contributed by atoms with Gasteiger partial charge in [-0.05, 0) is 37.0 Å². The maximum atomic E-state index is 12.2. The highest BCUT2D eigenvalue weighted by atomic mass is 32.2. The summed E-state index contributed by atoms with van der Waals surface area (Å²) in [5.74, 6) is 0.144. The van der Waals surface area contributed by atoms with E-state index < -0.39 is 10.0 Å². The maximum absolute atomic E-state index is 12.2. The van der Waals surface area contributed by atoms with Crippen LogP contribution in [0.2, 0.25) is 0 Å². The highest BCUT2D eigenvalue weighted by Gasteiger charge is 2.29. The molecule has 0 aromatic heterocycles. The molecule has 7 heteroatoms. The second-order valence-electron chi connectivity index (χ2n) is 5.27. The zero-order chi connectivity index (χ0) is 15.5. The predicted octanol–water partition coefficient (Wildman–Crippen LogP) is 0.258. The number of carbonyl (C=O) groups excluding carboxylic acids is 1. The zero-order valence-electron chi connectivity index (χ0n) is 12.1. The van der Waals surface area contributed by atoms with E-state index in [0.717, 1.165) is 18.4 Å². The minimum Gasteiger partial charge on any atom is -0.355 e. The van der Waals surface area contributed by atoms with E-state index in [4.69, 9.17) is 5.73 Å². The normalized spacial score (nSPS) is 15.0. The molecule has 0 atom stereocenters. The minimum atomic E-state index is -3.56. The summed E-state index contributed by atoms with van der Waals surface area (Å²) in [6.45, 7) is 2.59. The van der Waals surface area contributed by atoms with Crippen molar-refractivity contribution < 1.29 is 13.2 Å². The van der Waals surface area contributed by atoms with Crippen LogP contribution in [-0.4, -0.2) is 27.4 Å². The average molecular weight is 311 g/mol. The fourth-order valence-electron chi connectivity index (χ4n) is 2.08. The van der Waals surface area contributed by atoms with Crippen LogP contribution >= 0.6 is 0 Å². The predicted molar refractivity (Wildman–Crippen MR) is 80.0 cm³/mol. The Hall–Kier alpha value is -1.44. The third-order valence-corrected chi connectivity index (χ3v) is 5.05. The number of rotatable bonds is 7. The Bertz CT molecular complexity index is 624. The molecule has 2 rings (SSSR count). The van der Waals surface area contributed by atoms with E-state index >= 15 is 0 Å². The fraction of sp³-hybridized carbons (Fsp3) is 0.500. The summed E-state index contributed by atoms with van der Waals surface area (Å²) in [6, 6.07) is 5.03. The number of nitrogens with one attached hydrogen (secondary N) is 2. The molecule has 0 spiro atoms. The number of aryl methyl sites for hydroxylation is 1. The van der Waals surface area contributed by atoms with Gasteiger partial charge < -0.3 is 11.1 Å². The first-order chi connectivity index (χ1) is 9.94. The number of carbonyl (C=O) groups is 1. The number of nitrogens with two attached hydrogens (primary N) is 1. The van der Waals surface area contributed by atoms with Crippen LogP contribution < -0.4 is 15.8 Å². The van der Waals surface area contributed by atoms with Crippen LogP contribution in [0.4, 0.5) is 0 Å². The Balaban J connectivity index is 1.90. The Morgan fingerprint density at radius 3 is 2.62 bits per heavy atom. The second-order valence-corrected chi connectivity index (χ2v) is 7.00. The molecule has 1 aliphatic carbocycles. The Labute approximate surface area is 125 Å². The quantitative estimate of drug-likeness (QED) is 0.629. The lowest BCUT2D eigenvalue weighted by Crippen LogP contribution is -2.35. The van der Waals surface area contributed by atoms with E-state index in [-0.39, 0.29) is 23.3 Å². The van der Waals surface area contributed by atoms with Gasteiger partial charge in [0.25, 0.3) is 0 Å². The van der Waals surface area contributed by atoms with Crippen molar-refractivity contribution in [1.82, 2.24) is 10.0 Å². The summed E-state index contributed by atoms with van der Waals surface area (Å²) >= 11 is 0. The van der Waals surface area contributed by atoms with Crippen LogP contribution in [0.5, 0.6) is 0 Å². The van der Waals surface area contributed by atoms with Gasteiger partial charge in [0.15, 0.2) is 0 Å². The monoisotopic (exact) mass is 311 g/mol. The van der Waals surface area contributed by atoms with Crippen LogP contribution in [-0.2, 0) is 21.4 Å². The summed E-state index contributed by atoms with van der Waals surface area (Å²) in [4.78, 5) is 11.7. The van der Waals surface area contributed by atoms with Crippen molar-refractivity contribution in [2.75, 3.05) is 13.1 Å². The van der Waals surface area contributed by atoms with Crippen molar-refractivity contribution in [2.45, 2.75) is 31.2 Å². The zero-order valence-corrected chi connectivity index (χ0v) is 12.9. The molecule has 21 heavy (non-hydrogen) atoms. The van der Waals surface area contributed by atoms with Crippen LogP contribution in [0.25, 0.3) is 0 Å². The average Bonchev–Trinajstić information content (AvgIpc) is 3.27. The van der Waals surface area contributed by atoms with Gasteiger partial charge in [-0.3, -0.25) is 4.79 Å². The minimum absolute atomic E-state index is 0.0117. The molecule has 0 radical (unpaired) electrons. The van der Waals surface area contributed by atoms with Crippen molar-refractivity contribution in [1.29, 1.82) is 0 Å². The molecule has 1 aromatic rings. The molecule has 0 heterocycles. The van der Waals surface area contributed by atoms with E-state index in [9.17, 15) is 13.2 Å². The van der Waals surface area contributed by atoms with E-state index in [1.54, 1.807) is 25.1 Å². The second kappa shape index (κ2) is 6.55. The Morgan fingerprint density at radius 2 is 2.05 bits per heavy atom. The maximum Gasteiger partial charge on any atom is 0.240 e. The van der Waals surface area contributed by atoms with Gasteiger partial charge in [-0.1, -0.05) is 12.1 Å². The molecule has 1 saturated carbocycles. The van der Waals surface area contributed by atoms with Crippen molar-refractivity contribution in [2.24, 2.45) is 11.7 Å². The first kappa shape index (κ1) is 15.9. The number of benzene rings is 1. The Kier molecular flexibility index (Phi) is 4.97. The van der Waals surface area contributed by atoms with E-state index in [1.807, 2.05) is 0 Å². The lowest BCUT2D eigenvalue weighted by Gasteiger charge is -2.11. The molecule has 1 amide bonds. The first-order valence-electron chi connectivity index (χ1n) is 7.01. The molecule has 0 aliphatic heterocycles. The van der Waals surface area contributed by atoms with Crippen molar-refractivity contribution >= 4 is 15.9 Å². The highest BCUT2D eigenvalue weighted by Crippen LogP contribution is 2.28. The summed E-state index contributed by atoms with van der Waals surface area (Å²) in [5, 5.41) is 2.72. The fourth-order valence-corrected chi connectivity index (χ4v) is 3.33. The summed E-state index contributed by atoms with van der Waals surface area (Å²) < 4.78 is 26.9. The van der Waals surface area contributed by atoms with E-state index in [1.165, 1.54) is 0 Å². The smallest absolute Gasteiger partial charge is 0.240 e. The number of amides is 1. The van der Waals surface area contributed by atoms with Crippen molar-refractivity contribution in [3.05, 3.63) is 29.3 Å². The van der Waals surface area contributed by atoms with Crippen LogP contribution in [0.3, 0.4) is 0 Å². The topological polar surface area (TPSA) is 101 Å². The third kappa shape index (κ3) is 4.26. The van der Waals surface area contributed by atoms with E-state index in [2.05, 4.69) is 10.0 Å². The van der Waals surface area contributed by atoms with Crippen molar-refractivity contribution in [3.8, 4) is 0 Å². The van der Waals surface area contributed by atoms with Gasteiger partial charge in [-0.25, -0.2) is 13.1 Å². The lowest BCUT2D eigenvalue weighted by atomic mass is 10.1. The standard InChI is InChI=1S/C14H21N3O3S/c1-10-8-11(9-15)2-5-13(10)21(19,20)17-7-6-16-14(18)12-3-4-12/h2,5,8,12,17H,3-4,6-7,9,15H2,1H3,(H,16,18). The molecule has 1 fully saturated rings. The largest absolute Gasteiger partial charge is 0.355 e.